The lowest BCUT2D eigenvalue weighted by Crippen LogP contribution is -2.40. The smallest absolute Gasteiger partial charge is 0.410 e. The van der Waals surface area contributed by atoms with Gasteiger partial charge in [0.05, 0.1) is 0 Å². The van der Waals surface area contributed by atoms with Crippen LogP contribution in [0.4, 0.5) is 10.5 Å². The average Bonchev–Trinajstić information content (AvgIpc) is 2.67. The monoisotopic (exact) mass is 402 g/mol. The Kier molecular flexibility index (Phi) is 6.64. The van der Waals surface area contributed by atoms with E-state index in [1.807, 2.05) is 37.4 Å². The van der Waals surface area contributed by atoms with Crippen LogP contribution in [-0.2, 0) is 4.74 Å². The van der Waals surface area contributed by atoms with Gasteiger partial charge in [-0.05, 0) is 69.4 Å². The minimum atomic E-state index is -0.464. The van der Waals surface area contributed by atoms with Crippen LogP contribution in [0.3, 0.4) is 0 Å². The molecule has 0 radical (unpaired) electrons. The summed E-state index contributed by atoms with van der Waals surface area (Å²) in [5.41, 5.74) is 6.19. The molecule has 0 saturated carbocycles. The lowest BCUT2D eigenvalue weighted by molar-refractivity contribution is 0.0270. The summed E-state index contributed by atoms with van der Waals surface area (Å²) in [5.74, 6) is 2.39. The van der Waals surface area contributed by atoms with E-state index >= 15 is 0 Å². The zero-order valence-corrected chi connectivity index (χ0v) is 18.8. The first kappa shape index (κ1) is 21.1. The molecular formula is C23H34N2O2S. The Hall–Kier alpha value is -1.62. The molecule has 1 saturated heterocycles. The molecule has 1 amide bonds. The van der Waals surface area contributed by atoms with Crippen LogP contribution in [0, 0.1) is 6.92 Å². The van der Waals surface area contributed by atoms with Gasteiger partial charge in [-0.1, -0.05) is 18.6 Å². The molecule has 2 heterocycles. The van der Waals surface area contributed by atoms with E-state index < -0.39 is 5.60 Å². The summed E-state index contributed by atoms with van der Waals surface area (Å²) >= 11 is 2.03. The first-order chi connectivity index (χ1) is 13.3. The Balaban J connectivity index is 1.88. The van der Waals surface area contributed by atoms with Crippen molar-refractivity contribution in [3.8, 4) is 0 Å². The first-order valence-corrected chi connectivity index (χ1v) is 11.6. The molecule has 0 spiro atoms. The fraction of sp³-hybridized carbons (Fsp3) is 0.609. The van der Waals surface area contributed by atoms with Crippen molar-refractivity contribution in [1.82, 2.24) is 4.90 Å². The summed E-state index contributed by atoms with van der Waals surface area (Å²) in [6.45, 7) is 13.8. The summed E-state index contributed by atoms with van der Waals surface area (Å²) in [4.78, 5) is 17.0. The number of benzene rings is 1. The standard InChI is InChI=1S/C23H34N2O2S/c1-6-18-9-10-25(22(26)27-23(3,4)5)16-21(18)20-15-19(8-7-17(20)2)24-11-13-28-14-12-24/h7-8,15H,6,9-14,16H2,1-5H3. The number of rotatable bonds is 3. The summed E-state index contributed by atoms with van der Waals surface area (Å²) in [5, 5.41) is 0. The van der Waals surface area contributed by atoms with E-state index in [9.17, 15) is 4.79 Å². The number of ether oxygens (including phenoxy) is 1. The third kappa shape index (κ3) is 5.05. The second kappa shape index (κ2) is 8.81. The number of hydrogen-bond acceptors (Lipinski definition) is 4. The number of carbonyl (C=O) groups excluding carboxylic acids is 1. The normalized spacial score (nSPS) is 18.5. The molecule has 154 valence electrons. The topological polar surface area (TPSA) is 32.8 Å². The number of thioether (sulfide) groups is 1. The van der Waals surface area contributed by atoms with Crippen molar-refractivity contribution in [3.05, 3.63) is 34.9 Å². The maximum atomic E-state index is 12.7. The molecule has 0 aromatic heterocycles. The third-order valence-electron chi connectivity index (χ3n) is 5.46. The number of amides is 1. The fourth-order valence-corrected chi connectivity index (χ4v) is 4.81. The summed E-state index contributed by atoms with van der Waals surface area (Å²) in [6, 6.07) is 6.82. The van der Waals surface area contributed by atoms with E-state index in [2.05, 4.69) is 36.9 Å². The Morgan fingerprint density at radius 3 is 2.54 bits per heavy atom. The highest BCUT2D eigenvalue weighted by molar-refractivity contribution is 7.99. The third-order valence-corrected chi connectivity index (χ3v) is 6.40. The van der Waals surface area contributed by atoms with E-state index in [1.165, 1.54) is 39.5 Å². The Labute approximate surface area is 174 Å². The van der Waals surface area contributed by atoms with Crippen molar-refractivity contribution in [2.75, 3.05) is 42.6 Å². The quantitative estimate of drug-likeness (QED) is 0.682. The lowest BCUT2D eigenvalue weighted by atomic mass is 9.89. The van der Waals surface area contributed by atoms with Crippen LogP contribution in [0.5, 0.6) is 0 Å². The summed E-state index contributed by atoms with van der Waals surface area (Å²) in [7, 11) is 0. The van der Waals surface area contributed by atoms with Crippen molar-refractivity contribution in [3.63, 3.8) is 0 Å². The van der Waals surface area contributed by atoms with E-state index in [0.29, 0.717) is 6.54 Å². The van der Waals surface area contributed by atoms with E-state index in [-0.39, 0.29) is 6.09 Å². The minimum absolute atomic E-state index is 0.206. The molecule has 2 aliphatic heterocycles. The van der Waals surface area contributed by atoms with Gasteiger partial charge >= 0.3 is 6.09 Å². The van der Waals surface area contributed by atoms with Crippen molar-refractivity contribution >= 4 is 29.1 Å². The molecule has 0 atom stereocenters. The highest BCUT2D eigenvalue weighted by Crippen LogP contribution is 2.34. The molecule has 0 aliphatic carbocycles. The van der Waals surface area contributed by atoms with E-state index in [4.69, 9.17) is 4.74 Å². The van der Waals surface area contributed by atoms with Gasteiger partial charge in [-0.3, -0.25) is 0 Å². The van der Waals surface area contributed by atoms with Gasteiger partial charge in [0.2, 0.25) is 0 Å². The summed E-state index contributed by atoms with van der Waals surface area (Å²) in [6.07, 6.45) is 1.75. The van der Waals surface area contributed by atoms with Crippen LogP contribution in [0.15, 0.2) is 23.8 Å². The van der Waals surface area contributed by atoms with Gasteiger partial charge in [0, 0.05) is 43.4 Å². The fourth-order valence-electron chi connectivity index (χ4n) is 3.90. The lowest BCUT2D eigenvalue weighted by Gasteiger charge is -2.34. The highest BCUT2D eigenvalue weighted by Gasteiger charge is 2.28. The van der Waals surface area contributed by atoms with Crippen molar-refractivity contribution in [1.29, 1.82) is 0 Å². The molecule has 28 heavy (non-hydrogen) atoms. The molecule has 0 N–H and O–H groups in total. The van der Waals surface area contributed by atoms with Crippen molar-refractivity contribution in [2.45, 2.75) is 53.1 Å². The molecule has 1 fully saturated rings. The number of nitrogens with zero attached hydrogens (tertiary/aromatic N) is 2. The zero-order chi connectivity index (χ0) is 20.3. The average molecular weight is 403 g/mol. The van der Waals surface area contributed by atoms with Gasteiger partial charge in [0.15, 0.2) is 0 Å². The van der Waals surface area contributed by atoms with Crippen molar-refractivity contribution < 1.29 is 9.53 Å². The molecule has 1 aromatic carbocycles. The van der Waals surface area contributed by atoms with Crippen LogP contribution in [0.25, 0.3) is 5.57 Å². The van der Waals surface area contributed by atoms with Crippen LogP contribution < -0.4 is 4.90 Å². The SMILES string of the molecule is CCC1=C(c2cc(N3CCSCC3)ccc2C)CN(C(=O)OC(C)(C)C)CC1. The molecule has 4 nitrogen and oxygen atoms in total. The van der Waals surface area contributed by atoms with Crippen LogP contribution in [-0.4, -0.2) is 54.3 Å². The number of hydrogen-bond donors (Lipinski definition) is 0. The molecule has 2 aliphatic rings. The van der Waals surface area contributed by atoms with Gasteiger partial charge in [-0.15, -0.1) is 0 Å². The van der Waals surface area contributed by atoms with Gasteiger partial charge in [-0.25, -0.2) is 4.79 Å². The number of carbonyl (C=O) groups is 1. The second-order valence-electron chi connectivity index (χ2n) is 8.69. The molecule has 0 bridgehead atoms. The molecule has 3 rings (SSSR count). The summed E-state index contributed by atoms with van der Waals surface area (Å²) < 4.78 is 5.63. The molecular weight excluding hydrogens is 368 g/mol. The van der Waals surface area contributed by atoms with E-state index in [0.717, 1.165) is 32.5 Å². The number of anilines is 1. The highest BCUT2D eigenvalue weighted by atomic mass is 32.2. The van der Waals surface area contributed by atoms with Gasteiger partial charge < -0.3 is 14.5 Å². The maximum absolute atomic E-state index is 12.7. The minimum Gasteiger partial charge on any atom is -0.444 e. The van der Waals surface area contributed by atoms with Gasteiger partial charge in [-0.2, -0.15) is 11.8 Å². The molecule has 5 heteroatoms. The molecule has 0 unspecified atom stereocenters. The van der Waals surface area contributed by atoms with Crippen LogP contribution in [0.1, 0.15) is 51.7 Å². The predicted octanol–water partition coefficient (Wildman–Crippen LogP) is 5.35. The second-order valence-corrected chi connectivity index (χ2v) is 9.91. The zero-order valence-electron chi connectivity index (χ0n) is 18.0. The Bertz CT molecular complexity index is 745. The van der Waals surface area contributed by atoms with Crippen LogP contribution >= 0.6 is 11.8 Å². The predicted molar refractivity (Wildman–Crippen MR) is 120 cm³/mol. The Morgan fingerprint density at radius 1 is 1.18 bits per heavy atom. The van der Waals surface area contributed by atoms with Crippen LogP contribution in [0.2, 0.25) is 0 Å². The van der Waals surface area contributed by atoms with Gasteiger partial charge in [0.1, 0.15) is 5.60 Å². The number of aryl methyl sites for hydroxylation is 1. The first-order valence-electron chi connectivity index (χ1n) is 10.4. The van der Waals surface area contributed by atoms with E-state index in [1.54, 1.807) is 0 Å². The van der Waals surface area contributed by atoms with Gasteiger partial charge in [0.25, 0.3) is 0 Å². The van der Waals surface area contributed by atoms with Crippen molar-refractivity contribution in [2.24, 2.45) is 0 Å². The Morgan fingerprint density at radius 2 is 1.89 bits per heavy atom. The largest absolute Gasteiger partial charge is 0.444 e. The maximum Gasteiger partial charge on any atom is 0.410 e. The molecule has 1 aromatic rings.